The lowest BCUT2D eigenvalue weighted by Crippen LogP contribution is -2.51. The molecule has 0 aliphatic carbocycles. The number of hydrogen-bond donors (Lipinski definition) is 1. The number of rotatable bonds is 9. The van der Waals surface area contributed by atoms with Crippen molar-refractivity contribution in [1.29, 1.82) is 0 Å². The minimum Gasteiger partial charge on any atom is -0.414 e. The molecule has 0 atom stereocenters. The zero-order valence-corrected chi connectivity index (χ0v) is 27.0. The molecule has 3 heterocycles. The van der Waals surface area contributed by atoms with Gasteiger partial charge < -0.3 is 19.2 Å². The van der Waals surface area contributed by atoms with Crippen LogP contribution < -0.4 is 5.73 Å². The largest absolute Gasteiger partial charge is 0.414 e. The van der Waals surface area contributed by atoms with E-state index in [-0.39, 0.29) is 27.4 Å². The second-order valence-electron chi connectivity index (χ2n) is 13.6. The fraction of sp³-hybridized carbons (Fsp3) is 0.571. The highest BCUT2D eigenvalue weighted by atomic mass is 28.4. The van der Waals surface area contributed by atoms with Crippen molar-refractivity contribution in [2.75, 3.05) is 18.9 Å². The molecule has 0 saturated heterocycles. The SMILES string of the molecule is CC(CO[Si](C)(C)C(C)(C)C)(CO[Si](C)(C)C(C)(C)C)n1ccc2cnc(C(=O)c3ccc(N)cn3)nc21. The molecule has 0 aliphatic heterocycles. The zero-order chi connectivity index (χ0) is 28.7. The summed E-state index contributed by atoms with van der Waals surface area (Å²) in [6, 6.07) is 5.21. The molecular weight excluding hydrogens is 511 g/mol. The van der Waals surface area contributed by atoms with E-state index in [9.17, 15) is 4.79 Å². The number of pyridine rings is 1. The molecule has 0 fully saturated rings. The van der Waals surface area contributed by atoms with Crippen molar-refractivity contribution in [3.8, 4) is 0 Å². The molecule has 2 N–H and O–H groups in total. The summed E-state index contributed by atoms with van der Waals surface area (Å²) in [7, 11) is -4.09. The Labute approximate surface area is 229 Å². The number of carbonyl (C=O) groups excluding carboxylic acids is 1. The normalized spacial score (nSPS) is 13.8. The summed E-state index contributed by atoms with van der Waals surface area (Å²) < 4.78 is 15.6. The van der Waals surface area contributed by atoms with E-state index in [0.29, 0.717) is 24.5 Å². The van der Waals surface area contributed by atoms with Gasteiger partial charge in [-0.3, -0.25) is 9.78 Å². The van der Waals surface area contributed by atoms with Gasteiger partial charge in [0.15, 0.2) is 16.6 Å². The number of hydrogen-bond acceptors (Lipinski definition) is 7. The standard InChI is InChI=1S/C28H45N5O3Si2/c1-26(2,3)37(8,9)35-18-28(7,19-36-38(10,11)27(4,5)6)33-15-14-20-16-31-24(32-25(20)33)23(34)22-13-12-21(29)17-30-22/h12-17H,18-19,29H2,1-11H3. The van der Waals surface area contributed by atoms with Crippen LogP contribution in [-0.4, -0.2) is 55.2 Å². The Morgan fingerprint density at radius 2 is 1.42 bits per heavy atom. The van der Waals surface area contributed by atoms with Crippen molar-refractivity contribution in [2.45, 2.75) is 90.3 Å². The quantitative estimate of drug-likeness (QED) is 0.241. The van der Waals surface area contributed by atoms with Gasteiger partial charge in [0.2, 0.25) is 11.6 Å². The minimum absolute atomic E-state index is 0.0702. The van der Waals surface area contributed by atoms with Crippen molar-refractivity contribution in [3.63, 3.8) is 0 Å². The molecule has 10 heteroatoms. The number of nitrogens with zero attached hydrogens (tertiary/aromatic N) is 4. The maximum atomic E-state index is 13.1. The van der Waals surface area contributed by atoms with E-state index in [1.807, 2.05) is 12.3 Å². The third-order valence-corrected chi connectivity index (χ3v) is 17.3. The van der Waals surface area contributed by atoms with E-state index in [0.717, 1.165) is 5.39 Å². The first-order valence-corrected chi connectivity index (χ1v) is 19.0. The lowest BCUT2D eigenvalue weighted by atomic mass is 10.1. The maximum Gasteiger partial charge on any atom is 0.248 e. The molecule has 208 valence electrons. The van der Waals surface area contributed by atoms with Crippen LogP contribution in [0.25, 0.3) is 11.0 Å². The van der Waals surface area contributed by atoms with Crippen molar-refractivity contribution in [1.82, 2.24) is 19.5 Å². The first kappa shape index (κ1) is 30.1. The molecule has 8 nitrogen and oxygen atoms in total. The molecule has 3 aromatic heterocycles. The Hall–Kier alpha value is -2.41. The smallest absolute Gasteiger partial charge is 0.248 e. The van der Waals surface area contributed by atoms with Crippen molar-refractivity contribution in [2.24, 2.45) is 0 Å². The predicted molar refractivity (Wildman–Crippen MR) is 160 cm³/mol. The number of fused-ring (bicyclic) bond motifs is 1. The van der Waals surface area contributed by atoms with Crippen LogP contribution in [0, 0.1) is 0 Å². The van der Waals surface area contributed by atoms with Gasteiger partial charge in [-0.15, -0.1) is 0 Å². The summed E-state index contributed by atoms with van der Waals surface area (Å²) in [5.41, 5.74) is 6.59. The number of aromatic nitrogens is 4. The second kappa shape index (κ2) is 10.3. The fourth-order valence-corrected chi connectivity index (χ4v) is 5.61. The summed E-state index contributed by atoms with van der Waals surface area (Å²) in [6.07, 6.45) is 5.15. The lowest BCUT2D eigenvalue weighted by Gasteiger charge is -2.43. The van der Waals surface area contributed by atoms with Crippen LogP contribution >= 0.6 is 0 Å². The van der Waals surface area contributed by atoms with Crippen molar-refractivity contribution in [3.05, 3.63) is 48.3 Å². The lowest BCUT2D eigenvalue weighted by molar-refractivity contribution is 0.0899. The van der Waals surface area contributed by atoms with Gasteiger partial charge in [-0.1, -0.05) is 41.5 Å². The molecule has 0 bridgehead atoms. The number of carbonyl (C=O) groups is 1. The fourth-order valence-electron chi connectivity index (χ4n) is 3.40. The van der Waals surface area contributed by atoms with Crippen LogP contribution in [0.4, 0.5) is 5.69 Å². The molecular formula is C28H45N5O3Si2. The van der Waals surface area contributed by atoms with Gasteiger partial charge in [0, 0.05) is 17.8 Å². The first-order chi connectivity index (χ1) is 17.3. The van der Waals surface area contributed by atoms with Crippen LogP contribution in [0.5, 0.6) is 0 Å². The van der Waals surface area contributed by atoms with E-state index in [2.05, 4.69) is 89.2 Å². The maximum absolute atomic E-state index is 13.1. The summed E-state index contributed by atoms with van der Waals surface area (Å²) in [4.78, 5) is 26.4. The van der Waals surface area contributed by atoms with Gasteiger partial charge in [0.05, 0.1) is 30.6 Å². The zero-order valence-electron chi connectivity index (χ0n) is 25.0. The van der Waals surface area contributed by atoms with Crippen molar-refractivity contribution >= 4 is 39.1 Å². The number of nitrogen functional groups attached to an aromatic ring is 1. The molecule has 0 spiro atoms. The Morgan fingerprint density at radius 1 is 0.868 bits per heavy atom. The van der Waals surface area contributed by atoms with Gasteiger partial charge in [-0.2, -0.15) is 0 Å². The highest BCUT2D eigenvalue weighted by Crippen LogP contribution is 2.40. The summed E-state index contributed by atoms with van der Waals surface area (Å²) in [6.45, 7) is 25.6. The van der Waals surface area contributed by atoms with Gasteiger partial charge in [0.1, 0.15) is 11.3 Å². The Bertz CT molecular complexity index is 1260. The average molecular weight is 556 g/mol. The molecule has 0 aliphatic rings. The highest BCUT2D eigenvalue weighted by Gasteiger charge is 2.43. The van der Waals surface area contributed by atoms with Crippen LogP contribution in [0.3, 0.4) is 0 Å². The van der Waals surface area contributed by atoms with Crippen LogP contribution in [-0.2, 0) is 14.4 Å². The molecule has 38 heavy (non-hydrogen) atoms. The van der Waals surface area contributed by atoms with Crippen LogP contribution in [0.2, 0.25) is 36.3 Å². The summed E-state index contributed by atoms with van der Waals surface area (Å²) in [5.74, 6) is -0.260. The summed E-state index contributed by atoms with van der Waals surface area (Å²) >= 11 is 0. The number of anilines is 1. The van der Waals surface area contributed by atoms with Gasteiger partial charge in [0.25, 0.3) is 0 Å². The van der Waals surface area contributed by atoms with Gasteiger partial charge in [-0.05, 0) is 61.4 Å². The van der Waals surface area contributed by atoms with E-state index in [4.69, 9.17) is 19.6 Å². The topological polar surface area (TPSA) is 105 Å². The molecule has 0 radical (unpaired) electrons. The highest BCUT2D eigenvalue weighted by molar-refractivity contribution is 6.74. The number of nitrogens with two attached hydrogens (primary N) is 1. The van der Waals surface area contributed by atoms with E-state index in [1.54, 1.807) is 18.3 Å². The van der Waals surface area contributed by atoms with Crippen LogP contribution in [0.15, 0.2) is 36.8 Å². The Morgan fingerprint density at radius 3 is 1.89 bits per heavy atom. The first-order valence-electron chi connectivity index (χ1n) is 13.2. The number of ketones is 1. The Balaban J connectivity index is 2.05. The second-order valence-corrected chi connectivity index (χ2v) is 23.2. The summed E-state index contributed by atoms with van der Waals surface area (Å²) in [5, 5.41) is 0.986. The van der Waals surface area contributed by atoms with Gasteiger partial charge in [-0.25, -0.2) is 9.97 Å². The van der Waals surface area contributed by atoms with E-state index in [1.165, 1.54) is 6.20 Å². The monoisotopic (exact) mass is 555 g/mol. The predicted octanol–water partition coefficient (Wildman–Crippen LogP) is 6.40. The third-order valence-electron chi connectivity index (χ3n) is 8.33. The Kier molecular flexibility index (Phi) is 8.16. The van der Waals surface area contributed by atoms with Gasteiger partial charge >= 0.3 is 0 Å². The molecule has 0 amide bonds. The molecule has 0 aromatic carbocycles. The third kappa shape index (κ3) is 6.25. The van der Waals surface area contributed by atoms with E-state index >= 15 is 0 Å². The van der Waals surface area contributed by atoms with E-state index < -0.39 is 22.2 Å². The molecule has 3 rings (SSSR count). The van der Waals surface area contributed by atoms with Crippen LogP contribution in [0.1, 0.15) is 64.8 Å². The molecule has 3 aromatic rings. The molecule has 0 unspecified atom stereocenters. The molecule has 0 saturated carbocycles. The minimum atomic E-state index is -2.05. The average Bonchev–Trinajstić information content (AvgIpc) is 3.24. The van der Waals surface area contributed by atoms with Crippen molar-refractivity contribution < 1.29 is 13.6 Å².